The zero-order valence-corrected chi connectivity index (χ0v) is 15.2. The number of hydrogen-bond donors (Lipinski definition) is 1. The maximum absolute atomic E-state index is 14.1. The van der Waals surface area contributed by atoms with Gasteiger partial charge in [0.25, 0.3) is 0 Å². The molecule has 10 heteroatoms. The Morgan fingerprint density at radius 3 is 2.59 bits per heavy atom. The number of carbonyl (C=O) groups is 1. The lowest BCUT2D eigenvalue weighted by Gasteiger charge is -2.30. The highest BCUT2D eigenvalue weighted by atomic mass is 19.4. The number of ether oxygens (including phenoxy) is 1. The second-order valence-corrected chi connectivity index (χ2v) is 6.40. The van der Waals surface area contributed by atoms with Crippen molar-refractivity contribution >= 4 is 6.03 Å². The van der Waals surface area contributed by atoms with E-state index in [2.05, 4.69) is 10.3 Å². The first-order valence-corrected chi connectivity index (χ1v) is 8.81. The number of hydrogen-bond acceptors (Lipinski definition) is 3. The minimum Gasteiger partial charge on any atom is -0.378 e. The van der Waals surface area contributed by atoms with Crippen LogP contribution in [-0.2, 0) is 17.6 Å². The van der Waals surface area contributed by atoms with E-state index in [1.165, 1.54) is 11.0 Å². The SMILES string of the molecule is O=C(N[C@@H](c1ccc(CF)c(F)c1)c1ncccc1C(F)(F)F)N1CCOCC1. The third-order valence-electron chi connectivity index (χ3n) is 4.54. The predicted molar refractivity (Wildman–Crippen MR) is 93.2 cm³/mol. The maximum Gasteiger partial charge on any atom is 0.418 e. The topological polar surface area (TPSA) is 54.5 Å². The molecule has 0 unspecified atom stereocenters. The molecule has 1 N–H and O–H groups in total. The molecule has 1 aliphatic heterocycles. The van der Waals surface area contributed by atoms with E-state index in [9.17, 15) is 26.7 Å². The first kappa shape index (κ1) is 21.0. The number of alkyl halides is 4. The van der Waals surface area contributed by atoms with Gasteiger partial charge in [0, 0.05) is 24.8 Å². The van der Waals surface area contributed by atoms with Gasteiger partial charge in [0.2, 0.25) is 0 Å². The number of amides is 2. The molecule has 1 fully saturated rings. The summed E-state index contributed by atoms with van der Waals surface area (Å²) in [5.74, 6) is -0.917. The molecule has 1 atom stereocenters. The predicted octanol–water partition coefficient (Wildman–Crippen LogP) is 3.84. The number of halogens is 5. The fourth-order valence-corrected chi connectivity index (χ4v) is 3.03. The number of pyridine rings is 1. The van der Waals surface area contributed by atoms with Crippen LogP contribution < -0.4 is 5.32 Å². The average Bonchev–Trinajstić information content (AvgIpc) is 2.72. The summed E-state index contributed by atoms with van der Waals surface area (Å²) in [4.78, 5) is 17.8. The van der Waals surface area contributed by atoms with Crippen LogP contribution in [0.3, 0.4) is 0 Å². The minimum atomic E-state index is -4.73. The first-order valence-electron chi connectivity index (χ1n) is 8.81. The van der Waals surface area contributed by atoms with Gasteiger partial charge in [-0.3, -0.25) is 4.98 Å². The number of morpholine rings is 1. The summed E-state index contributed by atoms with van der Waals surface area (Å²) >= 11 is 0. The molecule has 2 aromatic rings. The first-order chi connectivity index (χ1) is 13.8. The molecular weight excluding hydrogens is 397 g/mol. The third kappa shape index (κ3) is 4.81. The number of urea groups is 1. The largest absolute Gasteiger partial charge is 0.418 e. The van der Waals surface area contributed by atoms with Crippen LogP contribution in [0.1, 0.15) is 28.4 Å². The molecule has 1 aliphatic rings. The Morgan fingerprint density at radius 2 is 1.97 bits per heavy atom. The Morgan fingerprint density at radius 1 is 1.24 bits per heavy atom. The molecule has 0 radical (unpaired) electrons. The van der Waals surface area contributed by atoms with Crippen molar-refractivity contribution in [1.29, 1.82) is 0 Å². The summed E-state index contributed by atoms with van der Waals surface area (Å²) in [5.41, 5.74) is -1.74. The molecule has 1 aromatic carbocycles. The number of carbonyl (C=O) groups excluding carboxylic acids is 1. The summed E-state index contributed by atoms with van der Waals surface area (Å²) in [5, 5.41) is 2.51. The lowest BCUT2D eigenvalue weighted by atomic mass is 9.97. The van der Waals surface area contributed by atoms with Crippen LogP contribution in [0.15, 0.2) is 36.5 Å². The Hall–Kier alpha value is -2.75. The van der Waals surface area contributed by atoms with Crippen molar-refractivity contribution in [1.82, 2.24) is 15.2 Å². The van der Waals surface area contributed by atoms with E-state index in [1.807, 2.05) is 0 Å². The second kappa shape index (κ2) is 8.73. The van der Waals surface area contributed by atoms with E-state index in [0.717, 1.165) is 30.5 Å². The summed E-state index contributed by atoms with van der Waals surface area (Å²) in [6.45, 7) is 0.0724. The van der Waals surface area contributed by atoms with E-state index in [1.54, 1.807) is 0 Å². The number of rotatable bonds is 4. The van der Waals surface area contributed by atoms with E-state index >= 15 is 0 Å². The number of aromatic nitrogens is 1. The second-order valence-electron chi connectivity index (χ2n) is 6.40. The average molecular weight is 415 g/mol. The van der Waals surface area contributed by atoms with Gasteiger partial charge in [-0.2, -0.15) is 13.2 Å². The molecule has 0 aliphatic carbocycles. The van der Waals surface area contributed by atoms with Crippen molar-refractivity contribution in [3.8, 4) is 0 Å². The van der Waals surface area contributed by atoms with Gasteiger partial charge in [-0.05, 0) is 23.8 Å². The number of nitrogens with zero attached hydrogens (tertiary/aromatic N) is 2. The molecular formula is C19H18F5N3O2. The van der Waals surface area contributed by atoms with Gasteiger partial charge >= 0.3 is 12.2 Å². The van der Waals surface area contributed by atoms with Gasteiger partial charge in [-0.15, -0.1) is 0 Å². The standard InChI is InChI=1S/C19H18F5N3O2/c20-11-13-4-3-12(10-15(13)21)16(26-18(28)27-6-8-29-9-7-27)17-14(19(22,23)24)2-1-5-25-17/h1-5,10,16H,6-9,11H2,(H,26,28)/t16-/m0/s1. The highest BCUT2D eigenvalue weighted by Crippen LogP contribution is 2.35. The molecule has 1 saturated heterocycles. The zero-order valence-electron chi connectivity index (χ0n) is 15.2. The smallest absolute Gasteiger partial charge is 0.378 e. The van der Waals surface area contributed by atoms with Gasteiger partial charge in [0.15, 0.2) is 0 Å². The summed E-state index contributed by atoms with van der Waals surface area (Å²) < 4.78 is 72.7. The molecule has 0 saturated carbocycles. The Kier molecular flexibility index (Phi) is 6.31. The quantitative estimate of drug-likeness (QED) is 0.773. The van der Waals surface area contributed by atoms with Crippen LogP contribution in [0.25, 0.3) is 0 Å². The summed E-state index contributed by atoms with van der Waals surface area (Å²) in [6, 6.07) is 3.26. The third-order valence-corrected chi connectivity index (χ3v) is 4.54. The molecule has 2 amide bonds. The van der Waals surface area contributed by atoms with Crippen molar-refractivity contribution in [2.24, 2.45) is 0 Å². The fraction of sp³-hybridized carbons (Fsp3) is 0.368. The van der Waals surface area contributed by atoms with Gasteiger partial charge in [-0.25, -0.2) is 13.6 Å². The molecule has 0 spiro atoms. The zero-order chi connectivity index (χ0) is 21.0. The lowest BCUT2D eigenvalue weighted by Crippen LogP contribution is -2.47. The van der Waals surface area contributed by atoms with Gasteiger partial charge in [-0.1, -0.05) is 12.1 Å². The van der Waals surface area contributed by atoms with Crippen LogP contribution in [0, 0.1) is 5.82 Å². The van der Waals surface area contributed by atoms with Crippen molar-refractivity contribution in [2.45, 2.75) is 18.9 Å². The van der Waals surface area contributed by atoms with Crippen molar-refractivity contribution in [3.63, 3.8) is 0 Å². The van der Waals surface area contributed by atoms with Crippen LogP contribution in [0.4, 0.5) is 26.7 Å². The lowest BCUT2D eigenvalue weighted by molar-refractivity contribution is -0.138. The van der Waals surface area contributed by atoms with Gasteiger partial charge < -0.3 is 15.0 Å². The highest BCUT2D eigenvalue weighted by Gasteiger charge is 2.37. The Labute approximate surface area is 163 Å². The summed E-state index contributed by atoms with van der Waals surface area (Å²) in [6.07, 6.45) is -3.58. The minimum absolute atomic E-state index is 0.0190. The van der Waals surface area contributed by atoms with Crippen LogP contribution >= 0.6 is 0 Å². The summed E-state index contributed by atoms with van der Waals surface area (Å²) in [7, 11) is 0. The van der Waals surface area contributed by atoms with Crippen molar-refractivity contribution in [3.05, 3.63) is 64.7 Å². The van der Waals surface area contributed by atoms with Crippen molar-refractivity contribution < 1.29 is 31.5 Å². The van der Waals surface area contributed by atoms with Crippen LogP contribution in [0.5, 0.6) is 0 Å². The van der Waals surface area contributed by atoms with Crippen LogP contribution in [-0.4, -0.2) is 42.2 Å². The molecule has 5 nitrogen and oxygen atoms in total. The Balaban J connectivity index is 2.02. The van der Waals surface area contributed by atoms with E-state index in [0.29, 0.717) is 13.2 Å². The normalized spacial score (nSPS) is 15.8. The molecule has 2 heterocycles. The monoisotopic (exact) mass is 415 g/mol. The van der Waals surface area contributed by atoms with Crippen LogP contribution in [0.2, 0.25) is 0 Å². The molecule has 0 bridgehead atoms. The molecule has 29 heavy (non-hydrogen) atoms. The van der Waals surface area contributed by atoms with Crippen molar-refractivity contribution in [2.75, 3.05) is 26.3 Å². The maximum atomic E-state index is 14.1. The fourth-order valence-electron chi connectivity index (χ4n) is 3.03. The van der Waals surface area contributed by atoms with E-state index < -0.39 is 42.0 Å². The highest BCUT2D eigenvalue weighted by molar-refractivity contribution is 5.75. The molecule has 156 valence electrons. The van der Waals surface area contributed by atoms with E-state index in [4.69, 9.17) is 4.74 Å². The number of benzene rings is 1. The number of nitrogens with one attached hydrogen (secondary N) is 1. The van der Waals surface area contributed by atoms with Gasteiger partial charge in [0.1, 0.15) is 12.5 Å². The molecule has 1 aromatic heterocycles. The molecule has 3 rings (SSSR count). The van der Waals surface area contributed by atoms with E-state index in [-0.39, 0.29) is 24.2 Å². The Bertz CT molecular complexity index is 869. The van der Waals surface area contributed by atoms with Gasteiger partial charge in [0.05, 0.1) is 30.5 Å².